The Balaban J connectivity index is 1.61. The van der Waals surface area contributed by atoms with E-state index < -0.39 is 15.7 Å². The van der Waals surface area contributed by atoms with Gasteiger partial charge in [-0.25, -0.2) is 12.8 Å². The van der Waals surface area contributed by atoms with Gasteiger partial charge < -0.3 is 18.8 Å². The third-order valence-corrected chi connectivity index (χ3v) is 7.29. The van der Waals surface area contributed by atoms with E-state index in [9.17, 15) is 12.8 Å². The molecule has 0 N–H and O–H groups in total. The summed E-state index contributed by atoms with van der Waals surface area (Å²) in [5, 5.41) is -0.143. The Morgan fingerprint density at radius 2 is 1.56 bits per heavy atom. The first-order valence-electron chi connectivity index (χ1n) is 10.7. The van der Waals surface area contributed by atoms with Crippen molar-refractivity contribution in [1.82, 2.24) is 4.98 Å². The van der Waals surface area contributed by atoms with Crippen LogP contribution in [0.2, 0.25) is 0 Å². The number of benzene rings is 2. The summed E-state index contributed by atoms with van der Waals surface area (Å²) in [6.45, 7) is 2.14. The molecule has 0 aliphatic carbocycles. The highest BCUT2D eigenvalue weighted by Crippen LogP contribution is 2.38. The summed E-state index contributed by atoms with van der Waals surface area (Å²) in [5.41, 5.74) is 0.506. The summed E-state index contributed by atoms with van der Waals surface area (Å²) in [6, 6.07) is 10.2. The van der Waals surface area contributed by atoms with Gasteiger partial charge in [-0.3, -0.25) is 0 Å². The fraction of sp³-hybridized carbons (Fsp3) is 0.348. The second-order valence-corrected chi connectivity index (χ2v) is 9.71. The molecule has 0 bridgehead atoms. The number of hydrogen-bond donors (Lipinski definition) is 0. The summed E-state index contributed by atoms with van der Waals surface area (Å²) >= 11 is 0. The van der Waals surface area contributed by atoms with Crippen LogP contribution in [0.5, 0.6) is 11.5 Å². The van der Waals surface area contributed by atoms with Crippen molar-refractivity contribution in [2.24, 2.45) is 0 Å². The van der Waals surface area contributed by atoms with Crippen molar-refractivity contribution >= 4 is 15.7 Å². The highest BCUT2D eigenvalue weighted by molar-refractivity contribution is 7.91. The standard InChI is InChI=1S/C23H23FN2O5S/c24-17-7-5-16(6-8-17)21-25-22(23(31-21)26-11-3-1-2-4-12-26)32(27,28)18-9-10-19-20(15-18)30-14-13-29-19/h5-10,15H,1-4,11-14H2. The summed E-state index contributed by atoms with van der Waals surface area (Å²) in [7, 11) is -4.02. The van der Waals surface area contributed by atoms with E-state index in [0.29, 0.717) is 43.4 Å². The monoisotopic (exact) mass is 458 g/mol. The second-order valence-electron chi connectivity index (χ2n) is 7.85. The van der Waals surface area contributed by atoms with Gasteiger partial charge in [0, 0.05) is 24.7 Å². The van der Waals surface area contributed by atoms with E-state index in [4.69, 9.17) is 13.9 Å². The molecule has 0 spiro atoms. The van der Waals surface area contributed by atoms with Crippen LogP contribution in [0, 0.1) is 5.82 Å². The molecule has 0 atom stereocenters. The fourth-order valence-corrected chi connectivity index (χ4v) is 5.30. The van der Waals surface area contributed by atoms with Gasteiger partial charge >= 0.3 is 0 Å². The molecular formula is C23H23FN2O5S. The molecule has 0 amide bonds. The van der Waals surface area contributed by atoms with Gasteiger partial charge in [0.15, 0.2) is 11.5 Å². The van der Waals surface area contributed by atoms with Crippen LogP contribution in [-0.2, 0) is 9.84 Å². The predicted molar refractivity (Wildman–Crippen MR) is 115 cm³/mol. The zero-order valence-corrected chi connectivity index (χ0v) is 18.2. The summed E-state index contributed by atoms with van der Waals surface area (Å²) in [5.74, 6) is 0.865. The van der Waals surface area contributed by atoms with Crippen molar-refractivity contribution in [3.8, 4) is 23.0 Å². The maximum Gasteiger partial charge on any atom is 0.236 e. The SMILES string of the molecule is O=S(=O)(c1ccc2c(c1)OCCO2)c1nc(-c2ccc(F)cc2)oc1N1CCCCCC1. The van der Waals surface area contributed by atoms with Crippen LogP contribution in [0.15, 0.2) is 56.8 Å². The van der Waals surface area contributed by atoms with E-state index in [0.717, 1.165) is 25.7 Å². The van der Waals surface area contributed by atoms with Crippen molar-refractivity contribution in [1.29, 1.82) is 0 Å². The lowest BCUT2D eigenvalue weighted by atomic mass is 10.2. The van der Waals surface area contributed by atoms with Crippen LogP contribution in [0.1, 0.15) is 25.7 Å². The van der Waals surface area contributed by atoms with Crippen LogP contribution < -0.4 is 14.4 Å². The number of anilines is 1. The number of sulfone groups is 1. The first kappa shape index (κ1) is 20.8. The lowest BCUT2D eigenvalue weighted by Crippen LogP contribution is -2.25. The molecular weight excluding hydrogens is 435 g/mol. The van der Waals surface area contributed by atoms with E-state index >= 15 is 0 Å². The Kier molecular flexibility index (Phi) is 5.50. The minimum absolute atomic E-state index is 0.0526. The van der Waals surface area contributed by atoms with Crippen LogP contribution in [0.4, 0.5) is 10.3 Å². The average Bonchev–Trinajstić information content (AvgIpc) is 3.09. The van der Waals surface area contributed by atoms with Crippen molar-refractivity contribution < 1.29 is 26.7 Å². The zero-order chi connectivity index (χ0) is 22.1. The van der Waals surface area contributed by atoms with Crippen molar-refractivity contribution in [2.75, 3.05) is 31.2 Å². The number of halogens is 1. The number of nitrogens with zero attached hydrogens (tertiary/aromatic N) is 2. The van der Waals surface area contributed by atoms with E-state index in [1.165, 1.54) is 36.4 Å². The number of ether oxygens (including phenoxy) is 2. The van der Waals surface area contributed by atoms with E-state index in [2.05, 4.69) is 4.98 Å². The first-order chi connectivity index (χ1) is 15.5. The van der Waals surface area contributed by atoms with Gasteiger partial charge in [-0.15, -0.1) is 0 Å². The Labute approximate surface area is 185 Å². The Morgan fingerprint density at radius 1 is 0.875 bits per heavy atom. The van der Waals surface area contributed by atoms with Gasteiger partial charge in [-0.1, -0.05) is 12.8 Å². The lowest BCUT2D eigenvalue weighted by molar-refractivity contribution is 0.171. The number of hydrogen-bond acceptors (Lipinski definition) is 7. The Bertz CT molecular complexity index is 1220. The number of fused-ring (bicyclic) bond motifs is 1. The molecule has 168 valence electrons. The predicted octanol–water partition coefficient (Wildman–Crippen LogP) is 4.47. The molecule has 1 aromatic heterocycles. The van der Waals surface area contributed by atoms with Crippen molar-refractivity contribution in [3.05, 3.63) is 48.3 Å². The largest absolute Gasteiger partial charge is 0.486 e. The molecule has 2 aromatic carbocycles. The molecule has 3 heterocycles. The normalized spacial score (nSPS) is 16.6. The van der Waals surface area contributed by atoms with E-state index in [1.807, 2.05) is 4.90 Å². The maximum absolute atomic E-state index is 13.7. The minimum atomic E-state index is -4.02. The molecule has 7 nitrogen and oxygen atoms in total. The van der Waals surface area contributed by atoms with Gasteiger partial charge in [-0.05, 0) is 49.2 Å². The van der Waals surface area contributed by atoms with Gasteiger partial charge in [0.2, 0.25) is 26.6 Å². The average molecular weight is 459 g/mol. The lowest BCUT2D eigenvalue weighted by Gasteiger charge is -2.21. The molecule has 9 heteroatoms. The highest BCUT2D eigenvalue weighted by atomic mass is 32.2. The smallest absolute Gasteiger partial charge is 0.236 e. The third kappa shape index (κ3) is 3.92. The number of rotatable bonds is 4. The fourth-order valence-electron chi connectivity index (χ4n) is 3.97. The second kappa shape index (κ2) is 8.46. The van der Waals surface area contributed by atoms with Crippen LogP contribution in [0.3, 0.4) is 0 Å². The van der Waals surface area contributed by atoms with E-state index in [1.54, 1.807) is 6.07 Å². The van der Waals surface area contributed by atoms with Gasteiger partial charge in [0.1, 0.15) is 19.0 Å². The van der Waals surface area contributed by atoms with Crippen molar-refractivity contribution in [3.63, 3.8) is 0 Å². The molecule has 1 fully saturated rings. The molecule has 0 saturated carbocycles. The number of aromatic nitrogens is 1. The topological polar surface area (TPSA) is 81.9 Å². The summed E-state index contributed by atoms with van der Waals surface area (Å²) in [6.07, 6.45) is 4.05. The Morgan fingerprint density at radius 3 is 2.28 bits per heavy atom. The molecule has 1 saturated heterocycles. The summed E-state index contributed by atoms with van der Waals surface area (Å²) < 4.78 is 57.8. The maximum atomic E-state index is 13.7. The third-order valence-electron chi connectivity index (χ3n) is 5.64. The highest BCUT2D eigenvalue weighted by Gasteiger charge is 2.32. The quantitative estimate of drug-likeness (QED) is 0.571. The van der Waals surface area contributed by atoms with Crippen molar-refractivity contribution in [2.45, 2.75) is 35.6 Å². The van der Waals surface area contributed by atoms with Crippen LogP contribution in [0.25, 0.3) is 11.5 Å². The molecule has 3 aromatic rings. The molecule has 0 radical (unpaired) electrons. The Hall–Kier alpha value is -3.07. The van der Waals surface area contributed by atoms with Gasteiger partial charge in [-0.2, -0.15) is 4.98 Å². The molecule has 2 aliphatic heterocycles. The van der Waals surface area contributed by atoms with Crippen LogP contribution in [-0.4, -0.2) is 39.7 Å². The first-order valence-corrected chi connectivity index (χ1v) is 12.2. The molecule has 5 rings (SSSR count). The van der Waals surface area contributed by atoms with Gasteiger partial charge in [0.25, 0.3) is 0 Å². The van der Waals surface area contributed by atoms with E-state index in [-0.39, 0.29) is 21.7 Å². The number of oxazole rings is 1. The molecule has 0 unspecified atom stereocenters. The minimum Gasteiger partial charge on any atom is -0.486 e. The zero-order valence-electron chi connectivity index (χ0n) is 17.4. The summed E-state index contributed by atoms with van der Waals surface area (Å²) in [4.78, 5) is 6.38. The molecule has 2 aliphatic rings. The van der Waals surface area contributed by atoms with Gasteiger partial charge in [0.05, 0.1) is 4.90 Å². The van der Waals surface area contributed by atoms with Crippen LogP contribution >= 0.6 is 0 Å². The molecule has 32 heavy (non-hydrogen) atoms.